The highest BCUT2D eigenvalue weighted by Gasteiger charge is 2.31. The molecule has 0 aromatic carbocycles. The first kappa shape index (κ1) is 13.5. The van der Waals surface area contributed by atoms with Gasteiger partial charge in [-0.15, -0.1) is 6.58 Å². The number of nitrogens with zero attached hydrogens (tertiary/aromatic N) is 1. The fourth-order valence-corrected chi connectivity index (χ4v) is 2.20. The molecule has 1 heterocycles. The van der Waals surface area contributed by atoms with Crippen LogP contribution in [0, 0.1) is 5.92 Å². The van der Waals surface area contributed by atoms with Crippen LogP contribution >= 0.6 is 0 Å². The van der Waals surface area contributed by atoms with E-state index in [1.807, 2.05) is 6.92 Å². The number of nitrogens with one attached hydrogen (secondary N) is 1. The van der Waals surface area contributed by atoms with E-state index in [9.17, 15) is 9.59 Å². The van der Waals surface area contributed by atoms with Gasteiger partial charge in [-0.3, -0.25) is 0 Å². The fourth-order valence-electron chi connectivity index (χ4n) is 2.20. The van der Waals surface area contributed by atoms with Gasteiger partial charge < -0.3 is 15.3 Å². The average Bonchev–Trinajstić information content (AvgIpc) is 2.57. The number of aliphatic carboxylic acids is 1. The van der Waals surface area contributed by atoms with E-state index in [0.29, 0.717) is 12.5 Å². The highest BCUT2D eigenvalue weighted by Crippen LogP contribution is 2.22. The maximum Gasteiger partial charge on any atom is 0.326 e. The zero-order valence-corrected chi connectivity index (χ0v) is 10.3. The largest absolute Gasteiger partial charge is 0.480 e. The molecule has 0 aromatic rings. The van der Waals surface area contributed by atoms with Crippen LogP contribution in [-0.4, -0.2) is 40.6 Å². The molecule has 0 radical (unpaired) electrons. The van der Waals surface area contributed by atoms with Crippen molar-refractivity contribution in [1.82, 2.24) is 10.2 Å². The number of likely N-dealkylation sites (tertiary alicyclic amines) is 1. The van der Waals surface area contributed by atoms with E-state index < -0.39 is 12.0 Å². The Hall–Kier alpha value is -1.52. The van der Waals surface area contributed by atoms with E-state index in [4.69, 9.17) is 5.11 Å². The van der Waals surface area contributed by atoms with Crippen LogP contribution in [0.1, 0.15) is 26.7 Å². The monoisotopic (exact) mass is 240 g/mol. The van der Waals surface area contributed by atoms with E-state index in [-0.39, 0.29) is 18.5 Å². The lowest BCUT2D eigenvalue weighted by Gasteiger charge is -2.24. The molecule has 0 aliphatic carbocycles. The van der Waals surface area contributed by atoms with Crippen molar-refractivity contribution >= 4 is 12.0 Å². The Morgan fingerprint density at radius 2 is 2.24 bits per heavy atom. The molecular formula is C12H20N2O3. The molecule has 1 saturated heterocycles. The lowest BCUT2D eigenvalue weighted by atomic mass is 10.1. The molecule has 2 amide bonds. The summed E-state index contributed by atoms with van der Waals surface area (Å²) in [7, 11) is 0. The highest BCUT2D eigenvalue weighted by atomic mass is 16.4. The summed E-state index contributed by atoms with van der Waals surface area (Å²) >= 11 is 0. The van der Waals surface area contributed by atoms with Crippen molar-refractivity contribution in [2.24, 2.45) is 5.92 Å². The molecule has 17 heavy (non-hydrogen) atoms. The number of carboxylic acid groups (broad SMARTS) is 1. The molecule has 5 heteroatoms. The number of carbonyl (C=O) groups is 2. The summed E-state index contributed by atoms with van der Waals surface area (Å²) in [6.07, 6.45) is 2.70. The van der Waals surface area contributed by atoms with Crippen molar-refractivity contribution in [1.29, 1.82) is 0 Å². The summed E-state index contributed by atoms with van der Waals surface area (Å²) < 4.78 is 0. The van der Waals surface area contributed by atoms with Gasteiger partial charge in [0.1, 0.15) is 6.04 Å². The van der Waals surface area contributed by atoms with Gasteiger partial charge in [-0.25, -0.2) is 9.59 Å². The van der Waals surface area contributed by atoms with E-state index in [2.05, 4.69) is 18.8 Å². The second-order valence-corrected chi connectivity index (χ2v) is 4.71. The molecule has 1 rings (SSSR count). The van der Waals surface area contributed by atoms with Crippen LogP contribution in [0.15, 0.2) is 12.7 Å². The Balaban J connectivity index is 2.58. The van der Waals surface area contributed by atoms with Crippen LogP contribution in [0.3, 0.4) is 0 Å². The number of carboxylic acids is 1. The summed E-state index contributed by atoms with van der Waals surface area (Å²) in [6, 6.07) is -1.01. The molecule has 5 nitrogen and oxygen atoms in total. The van der Waals surface area contributed by atoms with E-state index in [1.54, 1.807) is 4.90 Å². The normalized spacial score (nSPS) is 25.4. The summed E-state index contributed by atoms with van der Waals surface area (Å²) in [6.45, 7) is 8.24. The first-order valence-electron chi connectivity index (χ1n) is 5.86. The minimum atomic E-state index is -1.03. The van der Waals surface area contributed by atoms with Crippen molar-refractivity contribution in [2.45, 2.75) is 38.8 Å². The highest BCUT2D eigenvalue weighted by molar-refractivity contribution is 5.83. The maximum atomic E-state index is 11.9. The third-order valence-corrected chi connectivity index (χ3v) is 3.04. The number of hydrogen-bond acceptors (Lipinski definition) is 2. The van der Waals surface area contributed by atoms with Crippen LogP contribution in [0.4, 0.5) is 4.79 Å². The SMILES string of the molecule is C=CCC(NC(=O)N1CC(C)CC1C)C(=O)O. The fraction of sp³-hybridized carbons (Fsp3) is 0.667. The molecule has 0 aromatic heterocycles. The zero-order chi connectivity index (χ0) is 13.0. The third-order valence-electron chi connectivity index (χ3n) is 3.04. The first-order chi connectivity index (χ1) is 7.95. The molecule has 0 spiro atoms. The summed E-state index contributed by atoms with van der Waals surface area (Å²) in [5.41, 5.74) is 0. The number of amides is 2. The third kappa shape index (κ3) is 3.47. The van der Waals surface area contributed by atoms with Crippen molar-refractivity contribution in [3.63, 3.8) is 0 Å². The van der Waals surface area contributed by atoms with Crippen molar-refractivity contribution in [3.8, 4) is 0 Å². The van der Waals surface area contributed by atoms with Crippen molar-refractivity contribution in [3.05, 3.63) is 12.7 Å². The Labute approximate surface area is 101 Å². The minimum absolute atomic E-state index is 0.170. The summed E-state index contributed by atoms with van der Waals surface area (Å²) in [5.74, 6) is -0.559. The molecule has 2 N–H and O–H groups in total. The van der Waals surface area contributed by atoms with Gasteiger partial charge in [-0.2, -0.15) is 0 Å². The van der Waals surface area contributed by atoms with E-state index in [0.717, 1.165) is 6.42 Å². The van der Waals surface area contributed by atoms with Crippen molar-refractivity contribution < 1.29 is 14.7 Å². The molecule has 1 aliphatic heterocycles. The predicted molar refractivity (Wildman–Crippen MR) is 64.7 cm³/mol. The van der Waals surface area contributed by atoms with Gasteiger partial charge in [0, 0.05) is 12.6 Å². The number of rotatable bonds is 4. The number of hydrogen-bond donors (Lipinski definition) is 2. The van der Waals surface area contributed by atoms with E-state index in [1.165, 1.54) is 6.08 Å². The number of urea groups is 1. The summed E-state index contributed by atoms with van der Waals surface area (Å²) in [4.78, 5) is 24.5. The predicted octanol–water partition coefficient (Wildman–Crippen LogP) is 1.46. The van der Waals surface area contributed by atoms with Crippen LogP contribution in [-0.2, 0) is 4.79 Å². The van der Waals surface area contributed by atoms with Gasteiger partial charge in [0.2, 0.25) is 0 Å². The lowest BCUT2D eigenvalue weighted by Crippen LogP contribution is -2.48. The van der Waals surface area contributed by atoms with Crippen LogP contribution in [0.2, 0.25) is 0 Å². The zero-order valence-electron chi connectivity index (χ0n) is 10.3. The second kappa shape index (κ2) is 5.70. The van der Waals surface area contributed by atoms with Crippen LogP contribution < -0.4 is 5.32 Å². The minimum Gasteiger partial charge on any atom is -0.480 e. The molecule has 3 atom stereocenters. The molecule has 1 fully saturated rings. The van der Waals surface area contributed by atoms with Gasteiger partial charge in [0.05, 0.1) is 0 Å². The van der Waals surface area contributed by atoms with Gasteiger partial charge in [-0.1, -0.05) is 13.0 Å². The standard InChI is InChI=1S/C12H20N2O3/c1-4-5-10(11(15)16)13-12(17)14-7-8(2)6-9(14)3/h4,8-10H,1,5-7H2,2-3H3,(H,13,17)(H,15,16). The quantitative estimate of drug-likeness (QED) is 0.731. The summed E-state index contributed by atoms with van der Waals surface area (Å²) in [5, 5.41) is 11.5. The number of carbonyl (C=O) groups excluding carboxylic acids is 1. The Bertz CT molecular complexity index is 317. The Kier molecular flexibility index (Phi) is 4.54. The van der Waals surface area contributed by atoms with Crippen molar-refractivity contribution in [2.75, 3.05) is 6.54 Å². The topological polar surface area (TPSA) is 69.6 Å². The van der Waals surface area contributed by atoms with Gasteiger partial charge in [-0.05, 0) is 25.7 Å². The van der Waals surface area contributed by atoms with Gasteiger partial charge >= 0.3 is 12.0 Å². The smallest absolute Gasteiger partial charge is 0.326 e. The Morgan fingerprint density at radius 1 is 1.59 bits per heavy atom. The maximum absolute atomic E-state index is 11.9. The molecule has 3 unspecified atom stereocenters. The van der Waals surface area contributed by atoms with Gasteiger partial charge in [0.25, 0.3) is 0 Å². The molecule has 0 saturated carbocycles. The van der Waals surface area contributed by atoms with Crippen LogP contribution in [0.5, 0.6) is 0 Å². The molecule has 96 valence electrons. The Morgan fingerprint density at radius 3 is 2.65 bits per heavy atom. The lowest BCUT2D eigenvalue weighted by molar-refractivity contribution is -0.139. The average molecular weight is 240 g/mol. The van der Waals surface area contributed by atoms with Crippen LogP contribution in [0.25, 0.3) is 0 Å². The second-order valence-electron chi connectivity index (χ2n) is 4.71. The molecule has 1 aliphatic rings. The molecule has 0 bridgehead atoms. The first-order valence-corrected chi connectivity index (χ1v) is 5.86. The molecular weight excluding hydrogens is 220 g/mol. The van der Waals surface area contributed by atoms with Gasteiger partial charge in [0.15, 0.2) is 0 Å². The van der Waals surface area contributed by atoms with E-state index >= 15 is 0 Å².